The van der Waals surface area contributed by atoms with Crippen LogP contribution >= 0.6 is 11.3 Å². The molecule has 7 rings (SSSR count). The molecule has 7 heteroatoms. The maximum atomic E-state index is 12.6. The second kappa shape index (κ2) is 12.6. The second-order valence-electron chi connectivity index (χ2n) is 12.1. The van der Waals surface area contributed by atoms with Gasteiger partial charge in [-0.15, -0.1) is 11.3 Å². The minimum Gasteiger partial charge on any atom is -0.460 e. The van der Waals surface area contributed by atoms with Gasteiger partial charge in [0.2, 0.25) is 0 Å². The normalized spacial score (nSPS) is 24.6. The number of carbonyl (C=O) groups excluding carboxylic acids is 2. The number of Topliss-reactive ketones (excluding diaryl/α,β-unsaturated/α-hetero) is 1. The quantitative estimate of drug-likeness (QED) is 0.387. The van der Waals surface area contributed by atoms with Gasteiger partial charge >= 0.3 is 5.97 Å². The zero-order valence-corrected chi connectivity index (χ0v) is 25.3. The monoisotopic (exact) mass is 584 g/mol. The van der Waals surface area contributed by atoms with Crippen molar-refractivity contribution in [3.05, 3.63) is 98.7 Å². The molecule has 2 unspecified atom stereocenters. The molecule has 3 aliphatic heterocycles. The lowest BCUT2D eigenvalue weighted by Gasteiger charge is -2.36. The Bertz CT molecular complexity index is 1440. The van der Waals surface area contributed by atoms with Gasteiger partial charge in [-0.1, -0.05) is 60.2 Å². The maximum absolute atomic E-state index is 12.6. The lowest BCUT2D eigenvalue weighted by Crippen LogP contribution is -2.43. The van der Waals surface area contributed by atoms with Crippen molar-refractivity contribution in [2.75, 3.05) is 27.2 Å². The Morgan fingerprint density at radius 2 is 1.60 bits per heavy atom. The van der Waals surface area contributed by atoms with Crippen LogP contribution in [0.15, 0.2) is 71.6 Å². The molecule has 3 aromatic rings. The molecule has 0 amide bonds. The van der Waals surface area contributed by atoms with E-state index in [4.69, 9.17) is 4.74 Å². The van der Waals surface area contributed by atoms with Crippen molar-refractivity contribution in [3.63, 3.8) is 0 Å². The Hall–Kier alpha value is -3.10. The Labute approximate surface area is 252 Å². The van der Waals surface area contributed by atoms with Gasteiger partial charge in [-0.25, -0.2) is 4.79 Å². The maximum Gasteiger partial charge on any atom is 0.339 e. The number of aliphatic hydroxyl groups is 1. The average molecular weight is 585 g/mol. The molecule has 4 aliphatic rings. The van der Waals surface area contributed by atoms with Gasteiger partial charge in [0.25, 0.3) is 0 Å². The van der Waals surface area contributed by atoms with Crippen molar-refractivity contribution in [3.8, 4) is 0 Å². The van der Waals surface area contributed by atoms with E-state index in [9.17, 15) is 14.7 Å². The Kier molecular flexibility index (Phi) is 8.72. The Morgan fingerprint density at radius 1 is 0.929 bits per heavy atom. The van der Waals surface area contributed by atoms with Crippen LogP contribution in [0.2, 0.25) is 0 Å². The molecule has 2 aromatic carbocycles. The number of carbonyl (C=O) groups is 2. The number of piperidine rings is 2. The molecule has 1 aromatic heterocycles. The van der Waals surface area contributed by atoms with Crippen molar-refractivity contribution in [1.82, 2.24) is 9.80 Å². The molecule has 0 radical (unpaired) electrons. The molecule has 1 aliphatic carbocycles. The van der Waals surface area contributed by atoms with Gasteiger partial charge in [0, 0.05) is 37.2 Å². The Balaban J connectivity index is 0.000000151. The highest BCUT2D eigenvalue weighted by Gasteiger charge is 2.40. The number of fused-ring (bicyclic) bond motifs is 4. The van der Waals surface area contributed by atoms with Gasteiger partial charge in [0.05, 0.1) is 4.88 Å². The number of thiophene rings is 1. The molecule has 4 heterocycles. The number of hydrogen-bond acceptors (Lipinski definition) is 7. The van der Waals surface area contributed by atoms with Crippen LogP contribution in [-0.4, -0.2) is 72.0 Å². The molecule has 6 nitrogen and oxygen atoms in total. The van der Waals surface area contributed by atoms with Crippen LogP contribution in [-0.2, 0) is 16.0 Å². The second-order valence-corrected chi connectivity index (χ2v) is 13.0. The van der Waals surface area contributed by atoms with Crippen LogP contribution < -0.4 is 0 Å². The highest BCUT2D eigenvalue weighted by molar-refractivity contribution is 7.12. The zero-order chi connectivity index (χ0) is 29.2. The molecule has 2 bridgehead atoms. The van der Waals surface area contributed by atoms with E-state index in [0.717, 1.165) is 43.6 Å². The smallest absolute Gasteiger partial charge is 0.339 e. The van der Waals surface area contributed by atoms with Crippen LogP contribution in [0.5, 0.6) is 0 Å². The summed E-state index contributed by atoms with van der Waals surface area (Å²) in [4.78, 5) is 30.4. The van der Waals surface area contributed by atoms with Crippen molar-refractivity contribution < 1.29 is 19.4 Å². The summed E-state index contributed by atoms with van der Waals surface area (Å²) in [6.07, 6.45) is 5.67. The van der Waals surface area contributed by atoms with E-state index in [0.29, 0.717) is 24.1 Å². The minimum absolute atomic E-state index is 0.0467. The van der Waals surface area contributed by atoms with Crippen molar-refractivity contribution in [2.24, 2.45) is 0 Å². The third kappa shape index (κ3) is 6.02. The molecule has 4 atom stereocenters. The zero-order valence-electron chi connectivity index (χ0n) is 24.5. The van der Waals surface area contributed by atoms with Gasteiger partial charge in [-0.05, 0) is 86.3 Å². The standard InChI is InChI=1S/C19H19NOS.C16H21NO3/c1-20-9-6-13(7-10-20)18-15-5-3-2-4-14(15)12-17(21)19-16(18)8-11-22-19;1-17-12-7-8-13(17)10-14(9-12)20-16(19)15(18)11-5-3-2-4-6-11/h2-5,8,11H,6-7,9-10,12H2,1H3;2-6,12-15,18H,7-10H2,1H3/t;12-,13+,14?,15?. The van der Waals surface area contributed by atoms with Crippen molar-refractivity contribution >= 4 is 28.7 Å². The number of esters is 1. The summed E-state index contributed by atoms with van der Waals surface area (Å²) in [5.41, 5.74) is 7.06. The van der Waals surface area contributed by atoms with Crippen molar-refractivity contribution in [1.29, 1.82) is 0 Å². The van der Waals surface area contributed by atoms with E-state index in [2.05, 4.69) is 53.5 Å². The van der Waals surface area contributed by atoms with E-state index in [1.165, 1.54) is 40.7 Å². The first kappa shape index (κ1) is 29.0. The topological polar surface area (TPSA) is 70.1 Å². The van der Waals surface area contributed by atoms with E-state index >= 15 is 0 Å². The summed E-state index contributed by atoms with van der Waals surface area (Å²) in [6.45, 7) is 2.21. The summed E-state index contributed by atoms with van der Waals surface area (Å²) >= 11 is 1.59. The predicted octanol–water partition coefficient (Wildman–Crippen LogP) is 5.90. The molecule has 3 fully saturated rings. The number of ketones is 1. The number of likely N-dealkylation sites (tertiary alicyclic amines) is 1. The summed E-state index contributed by atoms with van der Waals surface area (Å²) in [6, 6.07) is 20.6. The average Bonchev–Trinajstić information content (AvgIpc) is 3.52. The lowest BCUT2D eigenvalue weighted by molar-refractivity contribution is -0.162. The highest BCUT2D eigenvalue weighted by Crippen LogP contribution is 2.40. The number of nitrogens with zero attached hydrogens (tertiary/aromatic N) is 2. The summed E-state index contributed by atoms with van der Waals surface area (Å²) in [7, 11) is 4.33. The highest BCUT2D eigenvalue weighted by atomic mass is 32.1. The van der Waals surface area contributed by atoms with Crippen molar-refractivity contribution in [2.45, 2.75) is 69.2 Å². The lowest BCUT2D eigenvalue weighted by atomic mass is 9.88. The van der Waals surface area contributed by atoms with Gasteiger partial charge in [-0.2, -0.15) is 0 Å². The molecular weight excluding hydrogens is 544 g/mol. The first-order valence-corrected chi connectivity index (χ1v) is 16.0. The molecular formula is C35H40N2O4S. The molecule has 0 spiro atoms. The van der Waals surface area contributed by atoms with E-state index < -0.39 is 12.1 Å². The van der Waals surface area contributed by atoms with E-state index in [1.807, 2.05) is 24.3 Å². The number of ether oxygens (including phenoxy) is 1. The first-order valence-electron chi connectivity index (χ1n) is 15.1. The minimum atomic E-state index is -1.17. The van der Waals surface area contributed by atoms with Gasteiger partial charge in [0.1, 0.15) is 6.10 Å². The summed E-state index contributed by atoms with van der Waals surface area (Å²) in [5.74, 6) is -0.258. The van der Waals surface area contributed by atoms with Crippen LogP contribution in [0.1, 0.15) is 76.6 Å². The SMILES string of the molecule is CN1CCC(=C2c3ccccc3CC(=O)c3sccc32)CC1.CN1[C@@H]2CC[C@H]1CC(OC(=O)C(O)c1ccccc1)C2. The number of rotatable bonds is 3. The van der Waals surface area contributed by atoms with Gasteiger partial charge in [-0.3, -0.25) is 4.79 Å². The largest absolute Gasteiger partial charge is 0.460 e. The fourth-order valence-corrected chi connectivity index (χ4v) is 7.86. The molecule has 220 valence electrons. The molecule has 0 saturated carbocycles. The van der Waals surface area contributed by atoms with Gasteiger partial charge in [0.15, 0.2) is 11.9 Å². The predicted molar refractivity (Wildman–Crippen MR) is 167 cm³/mol. The molecule has 1 N–H and O–H groups in total. The van der Waals surface area contributed by atoms with Crippen LogP contribution in [0.4, 0.5) is 0 Å². The number of hydrogen-bond donors (Lipinski definition) is 1. The third-order valence-electron chi connectivity index (χ3n) is 9.45. The fourth-order valence-electron chi connectivity index (χ4n) is 7.02. The summed E-state index contributed by atoms with van der Waals surface area (Å²) in [5, 5.41) is 12.1. The van der Waals surface area contributed by atoms with E-state index in [-0.39, 0.29) is 11.9 Å². The number of benzene rings is 2. The van der Waals surface area contributed by atoms with Crippen LogP contribution in [0, 0.1) is 0 Å². The van der Waals surface area contributed by atoms with Crippen LogP contribution in [0.3, 0.4) is 0 Å². The van der Waals surface area contributed by atoms with E-state index in [1.54, 1.807) is 23.5 Å². The Morgan fingerprint density at radius 3 is 2.31 bits per heavy atom. The van der Waals surface area contributed by atoms with Crippen LogP contribution in [0.25, 0.3) is 5.57 Å². The first-order chi connectivity index (χ1) is 20.4. The fraction of sp³-hybridized carbons (Fsp3) is 0.429. The summed E-state index contributed by atoms with van der Waals surface area (Å²) < 4.78 is 5.52. The third-order valence-corrected chi connectivity index (χ3v) is 10.4. The van der Waals surface area contributed by atoms with Gasteiger partial charge < -0.3 is 19.6 Å². The number of aliphatic hydroxyl groups excluding tert-OH is 1. The molecule has 42 heavy (non-hydrogen) atoms. The molecule has 3 saturated heterocycles.